The van der Waals surface area contributed by atoms with E-state index in [9.17, 15) is 24.0 Å². The summed E-state index contributed by atoms with van der Waals surface area (Å²) in [7, 11) is 3.12. The van der Waals surface area contributed by atoms with Crippen LogP contribution in [0, 0.1) is 0 Å². The Morgan fingerprint density at radius 1 is 0.638 bits per heavy atom. The number of benzene rings is 3. The van der Waals surface area contributed by atoms with Crippen molar-refractivity contribution in [1.29, 1.82) is 0 Å². The average Bonchev–Trinajstić information content (AvgIpc) is 3.29. The molecule has 2 fully saturated rings. The van der Waals surface area contributed by atoms with E-state index in [1.54, 1.807) is 53.3 Å². The number of likely N-dealkylation sites (tertiary alicyclic amines) is 2. The van der Waals surface area contributed by atoms with Gasteiger partial charge in [-0.25, -0.2) is 9.59 Å². The van der Waals surface area contributed by atoms with E-state index < -0.39 is 11.2 Å². The van der Waals surface area contributed by atoms with Gasteiger partial charge in [0.2, 0.25) is 5.91 Å². The molecule has 0 radical (unpaired) electrons. The summed E-state index contributed by atoms with van der Waals surface area (Å²) in [5, 5.41) is 2.67. The van der Waals surface area contributed by atoms with Gasteiger partial charge in [0.15, 0.2) is 23.0 Å². The molecule has 2 saturated heterocycles. The Kier molecular flexibility index (Phi) is 20.4. The summed E-state index contributed by atoms with van der Waals surface area (Å²) in [4.78, 5) is 70.8. The predicted octanol–water partition coefficient (Wildman–Crippen LogP) is 8.98. The highest BCUT2D eigenvalue weighted by Crippen LogP contribution is 2.32. The summed E-state index contributed by atoms with van der Waals surface area (Å²) in [6, 6.07) is 19.9. The molecule has 380 valence electrons. The predicted molar refractivity (Wildman–Crippen MR) is 265 cm³/mol. The highest BCUT2D eigenvalue weighted by Gasteiger charge is 2.36. The fourth-order valence-electron chi connectivity index (χ4n) is 8.26. The molecule has 2 aliphatic rings. The van der Waals surface area contributed by atoms with Crippen LogP contribution in [0.1, 0.15) is 128 Å². The fourth-order valence-corrected chi connectivity index (χ4v) is 8.26. The van der Waals surface area contributed by atoms with Gasteiger partial charge in [-0.2, -0.15) is 0 Å². The molecule has 0 spiro atoms. The van der Waals surface area contributed by atoms with Gasteiger partial charge in [0.25, 0.3) is 11.8 Å². The third-order valence-electron chi connectivity index (χ3n) is 11.3. The first kappa shape index (κ1) is 55.4. The summed E-state index contributed by atoms with van der Waals surface area (Å²) >= 11 is 0. The van der Waals surface area contributed by atoms with E-state index in [1.807, 2.05) is 109 Å². The van der Waals surface area contributed by atoms with E-state index >= 15 is 0 Å². The Morgan fingerprint density at radius 3 is 1.46 bits per heavy atom. The summed E-state index contributed by atoms with van der Waals surface area (Å²) in [6.07, 6.45) is 2.55. The number of methoxy groups -OCH3 is 2. The van der Waals surface area contributed by atoms with Gasteiger partial charge < -0.3 is 53.3 Å². The van der Waals surface area contributed by atoms with E-state index in [2.05, 4.69) is 5.32 Å². The van der Waals surface area contributed by atoms with Crippen LogP contribution in [-0.4, -0.2) is 138 Å². The lowest BCUT2D eigenvalue weighted by Gasteiger charge is -2.41. The number of carbonyl (C=O) groups is 5. The molecular formula is C53H77N5O11. The molecule has 16 nitrogen and oxygen atoms in total. The molecule has 0 bridgehead atoms. The van der Waals surface area contributed by atoms with Crippen LogP contribution in [0.5, 0.6) is 23.0 Å². The highest BCUT2D eigenvalue weighted by molar-refractivity contribution is 5.96. The number of hydrogen-bond donors (Lipinski definition) is 1. The van der Waals surface area contributed by atoms with Crippen LogP contribution in [0.15, 0.2) is 66.7 Å². The zero-order chi connectivity index (χ0) is 51.1. The molecule has 5 rings (SSSR count). The molecule has 2 heterocycles. The van der Waals surface area contributed by atoms with Gasteiger partial charge in [-0.3, -0.25) is 14.4 Å². The molecule has 0 saturated carbocycles. The minimum atomic E-state index is -0.572. The van der Waals surface area contributed by atoms with Crippen molar-refractivity contribution >= 4 is 29.9 Å². The molecule has 1 N–H and O–H groups in total. The molecule has 3 aromatic rings. The maximum absolute atomic E-state index is 13.7. The van der Waals surface area contributed by atoms with Crippen LogP contribution in [0.2, 0.25) is 0 Å². The number of piperidine rings is 2. The largest absolute Gasteiger partial charge is 0.493 e. The fraction of sp³-hybridized carbons (Fsp3) is 0.566. The van der Waals surface area contributed by atoms with Crippen molar-refractivity contribution in [2.45, 2.75) is 144 Å². The second-order valence-electron chi connectivity index (χ2n) is 19.9. The topological polar surface area (TPSA) is 166 Å². The summed E-state index contributed by atoms with van der Waals surface area (Å²) in [5.74, 6) is 1.65. The zero-order valence-electron chi connectivity index (χ0n) is 43.2. The number of nitrogens with one attached hydrogen (secondary N) is 1. The van der Waals surface area contributed by atoms with Crippen molar-refractivity contribution in [3.63, 3.8) is 0 Å². The molecule has 3 aromatic carbocycles. The van der Waals surface area contributed by atoms with Crippen molar-refractivity contribution in [2.75, 3.05) is 53.6 Å². The number of hydrogen-bond acceptors (Lipinski definition) is 11. The Balaban J connectivity index is 0.000000301. The van der Waals surface area contributed by atoms with Crippen LogP contribution in [-0.2, 0) is 20.9 Å². The normalized spacial score (nSPS) is 16.1. The second kappa shape index (κ2) is 25.4. The maximum atomic E-state index is 13.7. The van der Waals surface area contributed by atoms with Crippen LogP contribution in [0.25, 0.3) is 0 Å². The van der Waals surface area contributed by atoms with Gasteiger partial charge in [0.1, 0.15) is 24.4 Å². The maximum Gasteiger partial charge on any atom is 0.410 e. The van der Waals surface area contributed by atoms with E-state index in [4.69, 9.17) is 28.4 Å². The third kappa shape index (κ3) is 17.1. The minimum Gasteiger partial charge on any atom is -0.493 e. The molecule has 5 amide bonds. The third-order valence-corrected chi connectivity index (χ3v) is 11.3. The Bertz CT molecular complexity index is 2170. The number of amides is 5. The highest BCUT2D eigenvalue weighted by atomic mass is 16.6. The van der Waals surface area contributed by atoms with Gasteiger partial charge in [0, 0.05) is 56.3 Å². The van der Waals surface area contributed by atoms with Crippen molar-refractivity contribution in [3.8, 4) is 23.0 Å². The zero-order valence-corrected chi connectivity index (χ0v) is 43.2. The lowest BCUT2D eigenvalue weighted by molar-refractivity contribution is -0.119. The summed E-state index contributed by atoms with van der Waals surface area (Å²) in [6.45, 7) is 23.6. The van der Waals surface area contributed by atoms with Crippen LogP contribution in [0.3, 0.4) is 0 Å². The lowest BCUT2D eigenvalue weighted by atomic mass is 10.0. The molecule has 0 unspecified atom stereocenters. The first-order chi connectivity index (χ1) is 32.5. The van der Waals surface area contributed by atoms with Crippen molar-refractivity contribution in [2.24, 2.45) is 0 Å². The van der Waals surface area contributed by atoms with Crippen molar-refractivity contribution in [3.05, 3.63) is 83.4 Å². The second-order valence-corrected chi connectivity index (χ2v) is 19.9. The van der Waals surface area contributed by atoms with Crippen molar-refractivity contribution < 1.29 is 52.4 Å². The number of nitrogens with zero attached hydrogens (tertiary/aromatic N) is 4. The van der Waals surface area contributed by atoms with Crippen molar-refractivity contribution in [1.82, 2.24) is 24.9 Å². The Labute approximate surface area is 409 Å². The lowest BCUT2D eigenvalue weighted by Crippen LogP contribution is -2.54. The van der Waals surface area contributed by atoms with Gasteiger partial charge in [-0.15, -0.1) is 0 Å². The Morgan fingerprint density at radius 2 is 1.07 bits per heavy atom. The monoisotopic (exact) mass is 960 g/mol. The average molecular weight is 960 g/mol. The van der Waals surface area contributed by atoms with E-state index in [1.165, 1.54) is 14.0 Å². The first-order valence-electron chi connectivity index (χ1n) is 24.0. The van der Waals surface area contributed by atoms with Crippen LogP contribution < -0.4 is 24.3 Å². The Hall–Kier alpha value is -6.19. The van der Waals surface area contributed by atoms with E-state index in [-0.39, 0.29) is 60.7 Å². The first-order valence-corrected chi connectivity index (χ1v) is 24.0. The SMILES string of the molecule is COc1ccc(C(=O)N(C(C)C)[C@@H]2CCCN(C(=O)OC(C)(C)C)C2)cc1OCCNC(C)=O.COc1ccc(C(=O)N(C(C)C)[C@@H]2CCCN(C(=O)OC(C)(C)C)C2)cc1OCc1ccccc1. The molecule has 0 aromatic heterocycles. The minimum absolute atomic E-state index is 0.0399. The standard InChI is InChI=1S/C28H38N2O5.C25H39N3O6/c1-20(2)30(23-13-10-16-29(18-23)27(32)35-28(3,4)5)26(31)22-14-15-24(33-6)25(17-22)34-19-21-11-8-7-9-12-21;1-17(2)28(20-9-8-13-27(16-20)24(31)34-25(4,5)6)23(30)19-10-11-21(32-7)22(15-19)33-14-12-26-18(3)29/h7-9,11-12,14-15,17,20,23H,10,13,16,18-19H2,1-6H3;10-11,15,17,20H,8-9,12-14,16H2,1-7H3,(H,26,29)/t23-;20-/m11/s1. The van der Waals surface area contributed by atoms with E-state index in [0.29, 0.717) is 73.5 Å². The van der Waals surface area contributed by atoms with Crippen LogP contribution >= 0.6 is 0 Å². The van der Waals surface area contributed by atoms with Gasteiger partial charge in [-0.05, 0) is 137 Å². The molecule has 69 heavy (non-hydrogen) atoms. The molecule has 2 atom stereocenters. The number of carbonyl (C=O) groups excluding carboxylic acids is 5. The number of rotatable bonds is 15. The molecule has 16 heteroatoms. The van der Waals surface area contributed by atoms with Gasteiger partial charge >= 0.3 is 12.2 Å². The number of ether oxygens (including phenoxy) is 6. The summed E-state index contributed by atoms with van der Waals surface area (Å²) in [5.41, 5.74) is 0.892. The molecule has 0 aliphatic carbocycles. The van der Waals surface area contributed by atoms with E-state index in [0.717, 1.165) is 31.2 Å². The molecule has 2 aliphatic heterocycles. The smallest absolute Gasteiger partial charge is 0.410 e. The van der Waals surface area contributed by atoms with Gasteiger partial charge in [0.05, 0.1) is 32.8 Å². The van der Waals surface area contributed by atoms with Crippen LogP contribution in [0.4, 0.5) is 9.59 Å². The van der Waals surface area contributed by atoms with Gasteiger partial charge in [-0.1, -0.05) is 30.3 Å². The quantitative estimate of drug-likeness (QED) is 0.145. The summed E-state index contributed by atoms with van der Waals surface area (Å²) < 4.78 is 33.7. The molecular weight excluding hydrogens is 883 g/mol.